The van der Waals surface area contributed by atoms with E-state index < -0.39 is 5.97 Å². The van der Waals surface area contributed by atoms with Crippen molar-refractivity contribution in [1.29, 1.82) is 0 Å². The van der Waals surface area contributed by atoms with Crippen molar-refractivity contribution in [2.45, 2.75) is 13.3 Å². The van der Waals surface area contributed by atoms with Gasteiger partial charge in [-0.05, 0) is 56.5 Å². The van der Waals surface area contributed by atoms with Crippen LogP contribution in [0.3, 0.4) is 0 Å². The van der Waals surface area contributed by atoms with Crippen LogP contribution in [0, 0.1) is 6.92 Å². The third-order valence-corrected chi connectivity index (χ3v) is 3.47. The molecule has 0 fully saturated rings. The smallest absolute Gasteiger partial charge is 0.309 e. The quantitative estimate of drug-likeness (QED) is 0.896. The van der Waals surface area contributed by atoms with Crippen molar-refractivity contribution < 1.29 is 9.90 Å². The molecule has 2 rings (SSSR count). The van der Waals surface area contributed by atoms with Gasteiger partial charge in [0.2, 0.25) is 0 Å². The van der Waals surface area contributed by atoms with Crippen molar-refractivity contribution in [3.05, 3.63) is 38.5 Å². The summed E-state index contributed by atoms with van der Waals surface area (Å²) in [6, 6.07) is 3.91. The Hall–Kier alpha value is -1.21. The number of nitrogens with zero attached hydrogens (tertiary/aromatic N) is 3. The molecule has 0 bridgehead atoms. The summed E-state index contributed by atoms with van der Waals surface area (Å²) < 4.78 is 3.27. The second-order valence-corrected chi connectivity index (χ2v) is 5.51. The highest BCUT2D eigenvalue weighted by Crippen LogP contribution is 2.30. The van der Waals surface area contributed by atoms with Crippen LogP contribution in [-0.4, -0.2) is 26.1 Å². The number of carbonyl (C=O) groups is 1. The first-order valence-corrected chi connectivity index (χ1v) is 6.65. The van der Waals surface area contributed by atoms with Crippen molar-refractivity contribution in [1.82, 2.24) is 15.0 Å². The van der Waals surface area contributed by atoms with Crippen LogP contribution in [0.15, 0.2) is 27.3 Å². The molecule has 94 valence electrons. The summed E-state index contributed by atoms with van der Waals surface area (Å²) in [5.74, 6) is -0.927. The van der Waals surface area contributed by atoms with Gasteiger partial charge in [0.1, 0.15) is 0 Å². The Morgan fingerprint density at radius 2 is 2.00 bits per heavy atom. The van der Waals surface area contributed by atoms with Gasteiger partial charge in [-0.2, -0.15) is 0 Å². The predicted octanol–water partition coefficient (Wildman–Crippen LogP) is 2.73. The van der Waals surface area contributed by atoms with Crippen LogP contribution in [0.25, 0.3) is 5.69 Å². The molecule has 0 amide bonds. The fraction of sp³-hybridized carbons (Fsp3) is 0.182. The fourth-order valence-electron chi connectivity index (χ4n) is 1.55. The van der Waals surface area contributed by atoms with E-state index in [9.17, 15) is 4.79 Å². The molecule has 7 heteroatoms. The second-order valence-electron chi connectivity index (χ2n) is 3.80. The molecule has 0 aliphatic carbocycles. The number of hydrogen-bond donors (Lipinski definition) is 1. The molecule has 1 aromatic heterocycles. The maximum absolute atomic E-state index is 10.6. The summed E-state index contributed by atoms with van der Waals surface area (Å²) in [5, 5.41) is 16.5. The van der Waals surface area contributed by atoms with Crippen LogP contribution >= 0.6 is 31.9 Å². The summed E-state index contributed by atoms with van der Waals surface area (Å²) >= 11 is 6.92. The minimum atomic E-state index is -0.927. The van der Waals surface area contributed by atoms with E-state index in [-0.39, 0.29) is 6.42 Å². The van der Waals surface area contributed by atoms with E-state index in [0.717, 1.165) is 20.2 Å². The predicted molar refractivity (Wildman–Crippen MR) is 72.8 cm³/mol. The average Bonchev–Trinajstić information content (AvgIpc) is 2.63. The monoisotopic (exact) mass is 373 g/mol. The second kappa shape index (κ2) is 5.19. The summed E-state index contributed by atoms with van der Waals surface area (Å²) in [5.41, 5.74) is 2.31. The van der Waals surface area contributed by atoms with Gasteiger partial charge < -0.3 is 5.11 Å². The largest absolute Gasteiger partial charge is 0.481 e. The topological polar surface area (TPSA) is 68.0 Å². The van der Waals surface area contributed by atoms with Gasteiger partial charge in [0.15, 0.2) is 0 Å². The summed E-state index contributed by atoms with van der Waals surface area (Å²) in [6.45, 7) is 1.98. The zero-order valence-electron chi connectivity index (χ0n) is 9.39. The van der Waals surface area contributed by atoms with Gasteiger partial charge in [-0.15, -0.1) is 5.10 Å². The van der Waals surface area contributed by atoms with Gasteiger partial charge in [0.25, 0.3) is 0 Å². The van der Waals surface area contributed by atoms with Crippen LogP contribution in [0.1, 0.15) is 11.3 Å². The molecule has 1 heterocycles. The van der Waals surface area contributed by atoms with E-state index in [2.05, 4.69) is 42.2 Å². The third-order valence-electron chi connectivity index (χ3n) is 2.26. The molecule has 0 atom stereocenters. The first-order chi connectivity index (χ1) is 8.47. The van der Waals surface area contributed by atoms with Crippen molar-refractivity contribution in [2.24, 2.45) is 0 Å². The molecule has 0 saturated carbocycles. The molecular formula is C11H9Br2N3O2. The van der Waals surface area contributed by atoms with E-state index >= 15 is 0 Å². The number of aliphatic carboxylic acids is 1. The lowest BCUT2D eigenvalue weighted by Crippen LogP contribution is -2.00. The molecule has 0 radical (unpaired) electrons. The molecule has 18 heavy (non-hydrogen) atoms. The number of aromatic nitrogens is 3. The van der Waals surface area contributed by atoms with E-state index in [0.29, 0.717) is 5.69 Å². The molecule has 0 aliphatic rings. The summed E-state index contributed by atoms with van der Waals surface area (Å²) in [4.78, 5) is 10.6. The van der Waals surface area contributed by atoms with E-state index in [1.807, 2.05) is 19.1 Å². The van der Waals surface area contributed by atoms with Crippen molar-refractivity contribution in [3.63, 3.8) is 0 Å². The lowest BCUT2D eigenvalue weighted by molar-refractivity contribution is -0.136. The zero-order valence-corrected chi connectivity index (χ0v) is 12.6. The molecule has 2 aromatic rings. The van der Waals surface area contributed by atoms with Gasteiger partial charge in [0, 0.05) is 8.95 Å². The average molecular weight is 375 g/mol. The molecule has 0 unspecified atom stereocenters. The Morgan fingerprint density at radius 1 is 1.39 bits per heavy atom. The Bertz CT molecular complexity index is 587. The van der Waals surface area contributed by atoms with Crippen LogP contribution in [-0.2, 0) is 11.2 Å². The number of hydrogen-bond acceptors (Lipinski definition) is 3. The molecule has 0 spiro atoms. The van der Waals surface area contributed by atoms with Gasteiger partial charge >= 0.3 is 5.97 Å². The normalized spacial score (nSPS) is 10.6. The van der Waals surface area contributed by atoms with E-state index in [1.54, 1.807) is 10.9 Å². The Labute approximate surface area is 120 Å². The molecule has 0 aliphatic heterocycles. The minimum Gasteiger partial charge on any atom is -0.481 e. The van der Waals surface area contributed by atoms with Crippen molar-refractivity contribution in [3.8, 4) is 5.69 Å². The van der Waals surface area contributed by atoms with E-state index in [4.69, 9.17) is 5.11 Å². The summed E-state index contributed by atoms with van der Waals surface area (Å²) in [6.07, 6.45) is 1.47. The van der Waals surface area contributed by atoms with Crippen molar-refractivity contribution in [2.75, 3.05) is 0 Å². The number of rotatable bonds is 3. The molecular weight excluding hydrogens is 366 g/mol. The highest BCUT2D eigenvalue weighted by atomic mass is 79.9. The van der Waals surface area contributed by atoms with E-state index in [1.165, 1.54) is 0 Å². The number of carboxylic acid groups (broad SMARTS) is 1. The number of aryl methyl sites for hydroxylation is 1. The highest BCUT2D eigenvalue weighted by Gasteiger charge is 2.12. The standard InChI is InChI=1S/C11H9Br2N3O2/c1-6-2-8(12)11(9(13)3-6)16-5-7(14-15-16)4-10(17)18/h2-3,5H,4H2,1H3,(H,17,18). The first-order valence-electron chi connectivity index (χ1n) is 5.06. The highest BCUT2D eigenvalue weighted by molar-refractivity contribution is 9.11. The van der Waals surface area contributed by atoms with Gasteiger partial charge in [-0.25, -0.2) is 4.68 Å². The fourth-order valence-corrected chi connectivity index (χ4v) is 3.33. The molecule has 0 saturated heterocycles. The number of halogens is 2. The zero-order chi connectivity index (χ0) is 13.3. The molecule has 5 nitrogen and oxygen atoms in total. The van der Waals surface area contributed by atoms with Crippen LogP contribution < -0.4 is 0 Å². The lowest BCUT2D eigenvalue weighted by Gasteiger charge is -2.07. The number of carboxylic acids is 1. The van der Waals surface area contributed by atoms with Gasteiger partial charge in [-0.3, -0.25) is 4.79 Å². The van der Waals surface area contributed by atoms with Gasteiger partial charge in [0.05, 0.1) is 24.0 Å². The van der Waals surface area contributed by atoms with Crippen LogP contribution in [0.5, 0.6) is 0 Å². The maximum atomic E-state index is 10.6. The first kappa shape index (κ1) is 13.2. The molecule has 1 N–H and O–H groups in total. The maximum Gasteiger partial charge on any atom is 0.309 e. The Balaban J connectivity index is 2.43. The van der Waals surface area contributed by atoms with Crippen LogP contribution in [0.4, 0.5) is 0 Å². The third kappa shape index (κ3) is 2.78. The van der Waals surface area contributed by atoms with Crippen molar-refractivity contribution >= 4 is 37.8 Å². The van der Waals surface area contributed by atoms with Crippen LogP contribution in [0.2, 0.25) is 0 Å². The van der Waals surface area contributed by atoms with Gasteiger partial charge in [-0.1, -0.05) is 5.21 Å². The number of benzene rings is 1. The minimum absolute atomic E-state index is 0.138. The Kier molecular flexibility index (Phi) is 3.82. The SMILES string of the molecule is Cc1cc(Br)c(-n2cc(CC(=O)O)nn2)c(Br)c1. The summed E-state index contributed by atoms with van der Waals surface area (Å²) in [7, 11) is 0. The Morgan fingerprint density at radius 3 is 2.56 bits per heavy atom. The molecule has 1 aromatic carbocycles. The lowest BCUT2D eigenvalue weighted by atomic mass is 10.2.